The lowest BCUT2D eigenvalue weighted by atomic mass is 10.0. The summed E-state index contributed by atoms with van der Waals surface area (Å²) in [5.41, 5.74) is 5.90. The van der Waals surface area contributed by atoms with Crippen LogP contribution in [0.5, 0.6) is 0 Å². The summed E-state index contributed by atoms with van der Waals surface area (Å²) in [4.78, 5) is 22.6. The number of hydrogen-bond donors (Lipinski definition) is 1. The maximum Gasteiger partial charge on any atom is 0.333 e. The fraction of sp³-hybridized carbons (Fsp3) is 0.107. The molecule has 6 aromatic rings. The minimum Gasteiger partial charge on any atom is -0.293 e. The topological polar surface area (TPSA) is 98.9 Å². The molecule has 3 heterocycles. The lowest BCUT2D eigenvalue weighted by Gasteiger charge is -2.10. The van der Waals surface area contributed by atoms with Gasteiger partial charge in [0.25, 0.3) is 0 Å². The molecule has 0 amide bonds. The van der Waals surface area contributed by atoms with Crippen LogP contribution in [0.15, 0.2) is 90.0 Å². The smallest absolute Gasteiger partial charge is 0.293 e. The highest BCUT2D eigenvalue weighted by Crippen LogP contribution is 2.31. The third-order valence-corrected chi connectivity index (χ3v) is 7.89. The van der Waals surface area contributed by atoms with Crippen molar-refractivity contribution in [2.24, 2.45) is 7.05 Å². The van der Waals surface area contributed by atoms with E-state index in [-0.39, 0.29) is 11.4 Å². The Morgan fingerprint density at radius 3 is 2.41 bits per heavy atom. The monoisotopic (exact) mass is 509 g/mol. The number of aromatic nitrogens is 4. The summed E-state index contributed by atoms with van der Waals surface area (Å²) in [6.07, 6.45) is 3.56. The number of imidazole rings is 1. The molecule has 0 saturated carbocycles. The number of anilines is 1. The second kappa shape index (κ2) is 8.56. The summed E-state index contributed by atoms with van der Waals surface area (Å²) in [7, 11) is -1.68. The Morgan fingerprint density at radius 1 is 0.865 bits per heavy atom. The zero-order chi connectivity index (χ0) is 25.7. The second-order valence-corrected chi connectivity index (χ2v) is 10.9. The van der Waals surface area contributed by atoms with Crippen LogP contribution in [0.25, 0.3) is 49.7 Å². The molecule has 3 aromatic heterocycles. The number of hydrogen-bond acceptors (Lipinski definition) is 5. The van der Waals surface area contributed by atoms with E-state index < -0.39 is 10.0 Å². The average Bonchev–Trinajstić information content (AvgIpc) is 3.18. The number of nitrogens with one attached hydrogen (secondary N) is 1. The molecule has 0 saturated heterocycles. The quantitative estimate of drug-likeness (QED) is 0.358. The van der Waals surface area contributed by atoms with E-state index >= 15 is 0 Å². The molecular weight excluding hydrogens is 486 g/mol. The van der Waals surface area contributed by atoms with Crippen LogP contribution in [0.2, 0.25) is 0 Å². The van der Waals surface area contributed by atoms with E-state index in [2.05, 4.69) is 20.8 Å². The maximum atomic E-state index is 13.4. The van der Waals surface area contributed by atoms with Crippen molar-refractivity contribution in [2.45, 2.75) is 6.92 Å². The molecule has 0 aliphatic rings. The summed E-state index contributed by atoms with van der Waals surface area (Å²) in [6.45, 7) is 1.58. The molecule has 0 atom stereocenters. The first-order valence-corrected chi connectivity index (χ1v) is 13.5. The molecule has 184 valence electrons. The minimum atomic E-state index is -3.40. The van der Waals surface area contributed by atoms with Crippen LogP contribution >= 0.6 is 0 Å². The average molecular weight is 510 g/mol. The highest BCUT2D eigenvalue weighted by molar-refractivity contribution is 7.92. The number of para-hydroxylation sites is 1. The molecule has 0 aliphatic carbocycles. The van der Waals surface area contributed by atoms with Gasteiger partial charge in [-0.05, 0) is 61.0 Å². The molecule has 8 nitrogen and oxygen atoms in total. The van der Waals surface area contributed by atoms with Crippen LogP contribution in [0.3, 0.4) is 0 Å². The van der Waals surface area contributed by atoms with Gasteiger partial charge in [0.05, 0.1) is 39.7 Å². The largest absolute Gasteiger partial charge is 0.333 e. The van der Waals surface area contributed by atoms with E-state index in [0.717, 1.165) is 38.4 Å². The summed E-state index contributed by atoms with van der Waals surface area (Å²) in [5.74, 6) is -0.0222. The van der Waals surface area contributed by atoms with Gasteiger partial charge in [0, 0.05) is 35.3 Å². The van der Waals surface area contributed by atoms with Crippen molar-refractivity contribution in [2.75, 3.05) is 10.5 Å². The normalized spacial score (nSPS) is 11.9. The van der Waals surface area contributed by atoms with Gasteiger partial charge in [0.1, 0.15) is 0 Å². The zero-order valence-corrected chi connectivity index (χ0v) is 21.0. The Hall–Kier alpha value is -4.50. The Kier molecular flexibility index (Phi) is 5.31. The molecule has 0 unspecified atom stereocenters. The number of sulfonamides is 1. The summed E-state index contributed by atoms with van der Waals surface area (Å²) >= 11 is 0. The number of aryl methyl sites for hydroxylation is 1. The van der Waals surface area contributed by atoms with Crippen molar-refractivity contribution >= 4 is 48.5 Å². The van der Waals surface area contributed by atoms with E-state index in [1.54, 1.807) is 53.6 Å². The second-order valence-electron chi connectivity index (χ2n) is 8.87. The van der Waals surface area contributed by atoms with Crippen LogP contribution < -0.4 is 10.4 Å². The van der Waals surface area contributed by atoms with Crippen LogP contribution in [0.1, 0.15) is 6.92 Å². The highest BCUT2D eigenvalue weighted by atomic mass is 32.2. The Balaban J connectivity index is 1.54. The third-order valence-electron chi connectivity index (χ3n) is 6.59. The van der Waals surface area contributed by atoms with E-state index in [0.29, 0.717) is 16.9 Å². The minimum absolute atomic E-state index is 0.0222. The first-order chi connectivity index (χ1) is 17.8. The van der Waals surface area contributed by atoms with Gasteiger partial charge in [0.15, 0.2) is 0 Å². The number of nitrogens with zero attached hydrogens (tertiary/aromatic N) is 4. The number of pyridine rings is 2. The van der Waals surface area contributed by atoms with Gasteiger partial charge in [-0.3, -0.25) is 23.8 Å². The maximum absolute atomic E-state index is 13.4. The number of rotatable bonds is 5. The predicted molar refractivity (Wildman–Crippen MR) is 148 cm³/mol. The van der Waals surface area contributed by atoms with Gasteiger partial charge in [-0.25, -0.2) is 13.2 Å². The summed E-state index contributed by atoms with van der Waals surface area (Å²) in [6, 6.07) is 22.8. The van der Waals surface area contributed by atoms with Crippen molar-refractivity contribution in [3.05, 3.63) is 95.7 Å². The molecule has 0 bridgehead atoms. The molecule has 0 aliphatic heterocycles. The third kappa shape index (κ3) is 3.93. The SMILES string of the molecule is CCS(=O)(=O)Nc1ccc(-n2c(=O)n(C)c3cnc4ccc(-c5cnc6ccccc6c5)cc4c32)cc1. The molecule has 3 aromatic carbocycles. The van der Waals surface area contributed by atoms with Crippen molar-refractivity contribution < 1.29 is 8.42 Å². The summed E-state index contributed by atoms with van der Waals surface area (Å²) in [5, 5.41) is 1.88. The lowest BCUT2D eigenvalue weighted by molar-refractivity contribution is 0.602. The Labute approximate surface area is 212 Å². The number of fused-ring (bicyclic) bond motifs is 4. The fourth-order valence-corrected chi connectivity index (χ4v) is 5.22. The van der Waals surface area contributed by atoms with Crippen molar-refractivity contribution in [1.82, 2.24) is 19.1 Å². The molecule has 0 radical (unpaired) electrons. The van der Waals surface area contributed by atoms with Crippen LogP contribution in [-0.4, -0.2) is 33.3 Å². The van der Waals surface area contributed by atoms with E-state index in [4.69, 9.17) is 0 Å². The first-order valence-electron chi connectivity index (χ1n) is 11.8. The summed E-state index contributed by atoms with van der Waals surface area (Å²) < 4.78 is 29.6. The van der Waals surface area contributed by atoms with Gasteiger partial charge >= 0.3 is 5.69 Å². The molecule has 0 fully saturated rings. The lowest BCUT2D eigenvalue weighted by Crippen LogP contribution is -2.21. The van der Waals surface area contributed by atoms with Crippen LogP contribution in [-0.2, 0) is 17.1 Å². The van der Waals surface area contributed by atoms with Crippen LogP contribution in [0, 0.1) is 0 Å². The van der Waals surface area contributed by atoms with E-state index in [1.807, 2.05) is 48.7 Å². The van der Waals surface area contributed by atoms with Gasteiger partial charge in [-0.15, -0.1) is 0 Å². The molecule has 0 spiro atoms. The van der Waals surface area contributed by atoms with E-state index in [1.165, 1.54) is 0 Å². The molecule has 37 heavy (non-hydrogen) atoms. The zero-order valence-electron chi connectivity index (χ0n) is 20.2. The molecule has 1 N–H and O–H groups in total. The van der Waals surface area contributed by atoms with Crippen molar-refractivity contribution in [3.8, 4) is 16.8 Å². The van der Waals surface area contributed by atoms with E-state index in [9.17, 15) is 13.2 Å². The standard InChI is InChI=1S/C28H23N5O3S/c1-3-37(35,36)31-21-9-11-22(12-10-21)33-27-23-15-18(20-14-19-6-4-5-7-24(19)29-16-20)8-13-25(23)30-17-26(27)32(2)28(33)34/h4-17,31H,3H2,1-2H3. The van der Waals surface area contributed by atoms with Gasteiger partial charge < -0.3 is 0 Å². The van der Waals surface area contributed by atoms with Gasteiger partial charge in [0.2, 0.25) is 10.0 Å². The highest BCUT2D eigenvalue weighted by Gasteiger charge is 2.17. The Morgan fingerprint density at radius 2 is 1.62 bits per heavy atom. The Bertz CT molecular complexity index is 1990. The molecule has 9 heteroatoms. The molecular formula is C28H23N5O3S. The first kappa shape index (κ1) is 22.9. The predicted octanol–water partition coefficient (Wildman–Crippen LogP) is 4.85. The van der Waals surface area contributed by atoms with Crippen molar-refractivity contribution in [3.63, 3.8) is 0 Å². The number of benzene rings is 3. The van der Waals surface area contributed by atoms with Crippen molar-refractivity contribution in [1.29, 1.82) is 0 Å². The van der Waals surface area contributed by atoms with Gasteiger partial charge in [-0.1, -0.05) is 24.3 Å². The van der Waals surface area contributed by atoms with Crippen LogP contribution in [0.4, 0.5) is 5.69 Å². The van der Waals surface area contributed by atoms with Gasteiger partial charge in [-0.2, -0.15) is 0 Å². The fourth-order valence-electron chi connectivity index (χ4n) is 4.58. The molecule has 6 rings (SSSR count).